The predicted octanol–water partition coefficient (Wildman–Crippen LogP) is 5.48. The Bertz CT molecular complexity index is 1250. The third-order valence-corrected chi connectivity index (χ3v) is 7.43. The van der Waals surface area contributed by atoms with Gasteiger partial charge in [-0.15, -0.1) is 0 Å². The zero-order chi connectivity index (χ0) is 24.9. The summed E-state index contributed by atoms with van der Waals surface area (Å²) in [5.74, 6) is 0.823. The molecule has 0 spiro atoms. The molecule has 3 aromatic carbocycles. The highest BCUT2D eigenvalue weighted by Gasteiger charge is 2.30. The summed E-state index contributed by atoms with van der Waals surface area (Å²) in [6.45, 7) is 1.70. The van der Waals surface area contributed by atoms with Crippen molar-refractivity contribution in [1.29, 1.82) is 0 Å². The zero-order valence-electron chi connectivity index (χ0n) is 21.0. The van der Waals surface area contributed by atoms with Crippen LogP contribution in [0.25, 0.3) is 22.2 Å². The van der Waals surface area contributed by atoms with Gasteiger partial charge in [-0.05, 0) is 60.4 Å². The lowest BCUT2D eigenvalue weighted by molar-refractivity contribution is -0.00868. The molecule has 188 valence electrons. The molecule has 1 aliphatic carbocycles. The Balaban J connectivity index is 1.42. The van der Waals surface area contributed by atoms with Crippen LogP contribution in [0.2, 0.25) is 0 Å². The van der Waals surface area contributed by atoms with Gasteiger partial charge in [0.25, 0.3) is 0 Å². The number of hydrogen-bond acceptors (Lipinski definition) is 4. The van der Waals surface area contributed by atoms with Crippen molar-refractivity contribution in [3.63, 3.8) is 0 Å². The van der Waals surface area contributed by atoms with Crippen molar-refractivity contribution in [2.75, 3.05) is 13.7 Å². The molecule has 1 saturated carbocycles. The zero-order valence-corrected chi connectivity index (χ0v) is 21.0. The number of methoxy groups -OCH3 is 1. The van der Waals surface area contributed by atoms with Gasteiger partial charge in [-0.1, -0.05) is 61.4 Å². The maximum absolute atomic E-state index is 11.4. The van der Waals surface area contributed by atoms with Gasteiger partial charge in [-0.3, -0.25) is 4.90 Å². The molecule has 0 amide bonds. The molecule has 5 heteroatoms. The minimum absolute atomic E-state index is 0.0658. The summed E-state index contributed by atoms with van der Waals surface area (Å²) in [5, 5.41) is 23.4. The van der Waals surface area contributed by atoms with Gasteiger partial charge < -0.3 is 19.5 Å². The standard InChI is InChI=1S/C31H36N2O3/c1-36-27-17-15-24(16-18-27)30-19-25-11-5-6-12-28(25)33(30)22-26(34)21-32(20-23-9-3-2-4-10-23)29-13-7-8-14-31(29)35/h2-6,9-12,15-19,26,29,31,34-35H,7-8,13-14,20-22H2,1H3. The van der Waals surface area contributed by atoms with E-state index in [1.807, 2.05) is 42.5 Å². The second kappa shape index (κ2) is 11.3. The Morgan fingerprint density at radius 1 is 0.944 bits per heavy atom. The minimum atomic E-state index is -0.587. The molecule has 0 saturated heterocycles. The average Bonchev–Trinajstić information content (AvgIpc) is 3.27. The molecular weight excluding hydrogens is 448 g/mol. The van der Waals surface area contributed by atoms with E-state index >= 15 is 0 Å². The summed E-state index contributed by atoms with van der Waals surface area (Å²) < 4.78 is 7.57. The number of benzene rings is 3. The van der Waals surface area contributed by atoms with Crippen LogP contribution in [0.15, 0.2) is 84.9 Å². The van der Waals surface area contributed by atoms with E-state index in [0.717, 1.165) is 60.1 Å². The van der Waals surface area contributed by atoms with Crippen molar-refractivity contribution in [2.24, 2.45) is 0 Å². The Morgan fingerprint density at radius 2 is 1.67 bits per heavy atom. The normalized spacial score (nSPS) is 19.0. The van der Waals surface area contributed by atoms with Crippen LogP contribution in [0, 0.1) is 0 Å². The second-order valence-electron chi connectivity index (χ2n) is 9.92. The van der Waals surface area contributed by atoms with Gasteiger partial charge in [0.15, 0.2) is 0 Å². The van der Waals surface area contributed by atoms with Crippen molar-refractivity contribution in [2.45, 2.75) is 57.0 Å². The van der Waals surface area contributed by atoms with Crippen LogP contribution in [0.5, 0.6) is 5.75 Å². The fraction of sp³-hybridized carbons (Fsp3) is 0.355. The quantitative estimate of drug-likeness (QED) is 0.330. The molecule has 0 aliphatic heterocycles. The summed E-state index contributed by atoms with van der Waals surface area (Å²) in [5.41, 5.74) is 4.47. The highest BCUT2D eigenvalue weighted by Crippen LogP contribution is 2.30. The first-order chi connectivity index (χ1) is 17.6. The fourth-order valence-electron chi connectivity index (χ4n) is 5.60. The number of rotatable bonds is 9. The Kier molecular flexibility index (Phi) is 7.71. The van der Waals surface area contributed by atoms with Gasteiger partial charge in [0.1, 0.15) is 5.75 Å². The Labute approximate surface area is 213 Å². The van der Waals surface area contributed by atoms with Crippen LogP contribution in [0.3, 0.4) is 0 Å². The van der Waals surface area contributed by atoms with Crippen molar-refractivity contribution in [3.05, 3.63) is 90.5 Å². The minimum Gasteiger partial charge on any atom is -0.497 e. The topological polar surface area (TPSA) is 57.9 Å². The van der Waals surface area contributed by atoms with E-state index in [-0.39, 0.29) is 12.1 Å². The number of para-hydroxylation sites is 1. The van der Waals surface area contributed by atoms with Gasteiger partial charge in [-0.25, -0.2) is 0 Å². The molecule has 5 rings (SSSR count). The lowest BCUT2D eigenvalue weighted by atomic mass is 9.90. The van der Waals surface area contributed by atoms with Crippen molar-refractivity contribution in [3.8, 4) is 17.0 Å². The fourth-order valence-corrected chi connectivity index (χ4v) is 5.60. The van der Waals surface area contributed by atoms with Crippen molar-refractivity contribution < 1.29 is 14.9 Å². The molecule has 1 heterocycles. The smallest absolute Gasteiger partial charge is 0.118 e. The maximum Gasteiger partial charge on any atom is 0.118 e. The molecule has 3 unspecified atom stereocenters. The largest absolute Gasteiger partial charge is 0.497 e. The number of aliphatic hydroxyl groups excluding tert-OH is 2. The van der Waals surface area contributed by atoms with E-state index in [4.69, 9.17) is 4.74 Å². The second-order valence-corrected chi connectivity index (χ2v) is 9.92. The molecule has 1 aliphatic rings. The summed E-state index contributed by atoms with van der Waals surface area (Å²) in [6.07, 6.45) is 3.04. The van der Waals surface area contributed by atoms with Crippen LogP contribution in [0.1, 0.15) is 31.2 Å². The molecule has 1 fully saturated rings. The summed E-state index contributed by atoms with van der Waals surface area (Å²) >= 11 is 0. The highest BCUT2D eigenvalue weighted by molar-refractivity contribution is 5.87. The van der Waals surface area contributed by atoms with E-state index in [9.17, 15) is 10.2 Å². The molecule has 5 nitrogen and oxygen atoms in total. The number of aromatic nitrogens is 1. The Hall–Kier alpha value is -3.12. The summed E-state index contributed by atoms with van der Waals surface area (Å²) in [6, 6.07) is 29.0. The third kappa shape index (κ3) is 5.49. The third-order valence-electron chi connectivity index (χ3n) is 7.43. The van der Waals surface area contributed by atoms with Crippen LogP contribution >= 0.6 is 0 Å². The molecule has 2 N–H and O–H groups in total. The number of ether oxygens (including phenoxy) is 1. The number of nitrogens with zero attached hydrogens (tertiary/aromatic N) is 2. The molecule has 1 aromatic heterocycles. The van der Waals surface area contributed by atoms with Crippen molar-refractivity contribution in [1.82, 2.24) is 9.47 Å². The number of aliphatic hydroxyl groups is 2. The molecular formula is C31H36N2O3. The van der Waals surface area contributed by atoms with Gasteiger partial charge in [-0.2, -0.15) is 0 Å². The first-order valence-corrected chi connectivity index (χ1v) is 13.0. The van der Waals surface area contributed by atoms with E-state index in [1.165, 1.54) is 5.56 Å². The monoisotopic (exact) mass is 484 g/mol. The molecule has 36 heavy (non-hydrogen) atoms. The van der Waals surface area contributed by atoms with Gasteiger partial charge in [0, 0.05) is 35.7 Å². The number of hydrogen-bond donors (Lipinski definition) is 2. The van der Waals surface area contributed by atoms with E-state index in [0.29, 0.717) is 13.1 Å². The van der Waals surface area contributed by atoms with E-state index < -0.39 is 6.10 Å². The molecule has 0 bridgehead atoms. The van der Waals surface area contributed by atoms with Crippen molar-refractivity contribution >= 4 is 10.9 Å². The van der Waals surface area contributed by atoms with Gasteiger partial charge >= 0.3 is 0 Å². The van der Waals surface area contributed by atoms with E-state index in [1.54, 1.807) is 7.11 Å². The maximum atomic E-state index is 11.4. The molecule has 4 aromatic rings. The van der Waals surface area contributed by atoms with Crippen LogP contribution < -0.4 is 4.74 Å². The Morgan fingerprint density at radius 3 is 2.42 bits per heavy atom. The van der Waals surface area contributed by atoms with Crippen LogP contribution in [-0.2, 0) is 13.1 Å². The van der Waals surface area contributed by atoms with Crippen LogP contribution in [0.4, 0.5) is 0 Å². The highest BCUT2D eigenvalue weighted by atomic mass is 16.5. The number of fused-ring (bicyclic) bond motifs is 1. The molecule has 3 atom stereocenters. The first kappa shape index (κ1) is 24.6. The van der Waals surface area contributed by atoms with Gasteiger partial charge in [0.2, 0.25) is 0 Å². The summed E-state index contributed by atoms with van der Waals surface area (Å²) in [4.78, 5) is 2.29. The van der Waals surface area contributed by atoms with E-state index in [2.05, 4.69) is 51.9 Å². The molecule has 0 radical (unpaired) electrons. The first-order valence-electron chi connectivity index (χ1n) is 13.0. The SMILES string of the molecule is COc1ccc(-c2cc3ccccc3n2CC(O)CN(Cc2ccccc2)C2CCCCC2O)cc1. The van der Waals surface area contributed by atoms with Gasteiger partial charge in [0.05, 0.1) is 25.9 Å². The predicted molar refractivity (Wildman–Crippen MR) is 145 cm³/mol. The summed E-state index contributed by atoms with van der Waals surface area (Å²) in [7, 11) is 1.67. The van der Waals surface area contributed by atoms with Crippen LogP contribution in [-0.4, -0.2) is 51.6 Å². The lowest BCUT2D eigenvalue weighted by Gasteiger charge is -2.39. The average molecular weight is 485 g/mol. The lowest BCUT2D eigenvalue weighted by Crippen LogP contribution is -2.48.